The molecule has 1 atom stereocenters. The molecule has 0 saturated carbocycles. The Kier molecular flexibility index (Phi) is 5.90. The Balaban J connectivity index is 2.19. The zero-order chi connectivity index (χ0) is 18.2. The molecular weight excluding hydrogens is 324 g/mol. The molecule has 1 aromatic carbocycles. The fraction of sp³-hybridized carbons (Fsp3) is 0.176. The van der Waals surface area contributed by atoms with Gasteiger partial charge in [0.05, 0.1) is 6.07 Å². The van der Waals surface area contributed by atoms with E-state index in [9.17, 15) is 14.4 Å². The first-order valence-electron chi connectivity index (χ1n) is 7.42. The topological polar surface area (TPSA) is 135 Å². The van der Waals surface area contributed by atoms with Crippen molar-refractivity contribution in [3.05, 3.63) is 48.2 Å². The molecule has 1 unspecified atom stereocenters. The molecule has 1 aromatic heterocycles. The lowest BCUT2D eigenvalue weighted by molar-refractivity contribution is -0.131. The maximum absolute atomic E-state index is 12.2. The number of amides is 2. The van der Waals surface area contributed by atoms with Gasteiger partial charge in [0.1, 0.15) is 12.6 Å². The van der Waals surface area contributed by atoms with Gasteiger partial charge in [-0.15, -0.1) is 0 Å². The van der Waals surface area contributed by atoms with E-state index < -0.39 is 23.8 Å². The molecule has 0 bridgehead atoms. The van der Waals surface area contributed by atoms with E-state index in [1.54, 1.807) is 12.3 Å². The highest BCUT2D eigenvalue weighted by Crippen LogP contribution is 2.19. The predicted octanol–water partition coefficient (Wildman–Crippen LogP) is 0.476. The summed E-state index contributed by atoms with van der Waals surface area (Å²) in [4.78, 5) is 37.6. The van der Waals surface area contributed by atoms with Gasteiger partial charge in [-0.05, 0) is 11.6 Å². The van der Waals surface area contributed by atoms with Crippen molar-refractivity contribution in [2.75, 3.05) is 6.54 Å². The summed E-state index contributed by atoms with van der Waals surface area (Å²) in [6.45, 7) is -0.190. The van der Waals surface area contributed by atoms with Crippen molar-refractivity contribution >= 4 is 28.7 Å². The van der Waals surface area contributed by atoms with Gasteiger partial charge in [0.25, 0.3) is 0 Å². The van der Waals surface area contributed by atoms with Crippen molar-refractivity contribution in [2.24, 2.45) is 0 Å². The van der Waals surface area contributed by atoms with Crippen LogP contribution in [0.15, 0.2) is 42.6 Å². The van der Waals surface area contributed by atoms with Crippen LogP contribution in [0.5, 0.6) is 0 Å². The van der Waals surface area contributed by atoms with E-state index in [1.165, 1.54) is 0 Å². The van der Waals surface area contributed by atoms with Crippen molar-refractivity contribution in [3.63, 3.8) is 0 Å². The summed E-state index contributed by atoms with van der Waals surface area (Å²) in [7, 11) is 0. The predicted molar refractivity (Wildman–Crippen MR) is 89.3 cm³/mol. The highest BCUT2D eigenvalue weighted by atomic mass is 16.4. The quantitative estimate of drug-likeness (QED) is 0.429. The van der Waals surface area contributed by atoms with E-state index in [0.717, 1.165) is 22.5 Å². The molecule has 0 aliphatic rings. The molecule has 2 aromatic rings. The molecule has 2 amide bonds. The van der Waals surface area contributed by atoms with Crippen LogP contribution < -0.4 is 10.6 Å². The second-order valence-electron chi connectivity index (χ2n) is 5.17. The molecule has 0 aliphatic carbocycles. The fourth-order valence-electron chi connectivity index (χ4n) is 2.35. The molecule has 1 heterocycles. The summed E-state index contributed by atoms with van der Waals surface area (Å²) in [5, 5.41) is 22.9. The number of carbonyl (C=O) groups is 3. The average molecular weight is 340 g/mol. The van der Waals surface area contributed by atoms with Crippen LogP contribution in [-0.4, -0.2) is 40.5 Å². The maximum atomic E-state index is 12.2. The van der Waals surface area contributed by atoms with E-state index >= 15 is 0 Å². The van der Waals surface area contributed by atoms with Crippen molar-refractivity contribution in [1.82, 2.24) is 15.6 Å². The minimum absolute atomic E-state index is 0.188. The van der Waals surface area contributed by atoms with Crippen LogP contribution in [0, 0.1) is 11.3 Å². The van der Waals surface area contributed by atoms with Crippen molar-refractivity contribution in [3.8, 4) is 6.07 Å². The smallest absolute Gasteiger partial charge is 0.328 e. The average Bonchev–Trinajstić information content (AvgIpc) is 3.00. The molecule has 0 fully saturated rings. The largest absolute Gasteiger partial charge is 0.478 e. The number of fused-ring (bicyclic) bond motifs is 1. The normalized spacial score (nSPS) is 11.8. The third-order valence-corrected chi connectivity index (χ3v) is 3.45. The standard InChI is InChI=1S/C17H16N4O4/c18-7-8-19-17(25)14(21-15(22)5-6-16(23)24)9-11-10-20-13-4-2-1-3-12(11)13/h1-6,10,14,20H,8-9H2,(H,19,25)(H,21,22)(H,23,24)/b6-5+. The van der Waals surface area contributed by atoms with Crippen LogP contribution in [0.2, 0.25) is 0 Å². The van der Waals surface area contributed by atoms with Gasteiger partial charge < -0.3 is 20.7 Å². The van der Waals surface area contributed by atoms with Crippen molar-refractivity contribution in [2.45, 2.75) is 12.5 Å². The number of benzene rings is 1. The molecule has 25 heavy (non-hydrogen) atoms. The van der Waals surface area contributed by atoms with Crippen LogP contribution in [0.25, 0.3) is 10.9 Å². The molecular formula is C17H16N4O4. The second kappa shape index (κ2) is 8.31. The Morgan fingerprint density at radius 2 is 2.04 bits per heavy atom. The monoisotopic (exact) mass is 340 g/mol. The molecule has 0 saturated heterocycles. The molecule has 8 nitrogen and oxygen atoms in total. The SMILES string of the molecule is N#CCNC(=O)C(Cc1c[nH]c2ccccc12)NC(=O)/C=C/C(=O)O. The molecule has 2 rings (SSSR count). The maximum Gasteiger partial charge on any atom is 0.328 e. The number of aromatic amines is 1. The minimum Gasteiger partial charge on any atom is -0.478 e. The Hall–Kier alpha value is -3.60. The Bertz CT molecular complexity index is 863. The zero-order valence-corrected chi connectivity index (χ0v) is 13.2. The van der Waals surface area contributed by atoms with E-state index in [2.05, 4.69) is 15.6 Å². The summed E-state index contributed by atoms with van der Waals surface area (Å²) >= 11 is 0. The minimum atomic E-state index is -1.27. The van der Waals surface area contributed by atoms with Gasteiger partial charge >= 0.3 is 5.97 Å². The molecule has 128 valence electrons. The highest BCUT2D eigenvalue weighted by molar-refractivity contribution is 5.97. The third-order valence-electron chi connectivity index (χ3n) is 3.45. The van der Waals surface area contributed by atoms with Crippen LogP contribution >= 0.6 is 0 Å². The third kappa shape index (κ3) is 4.94. The molecule has 0 spiro atoms. The summed E-state index contributed by atoms with van der Waals surface area (Å²) < 4.78 is 0. The van der Waals surface area contributed by atoms with E-state index in [1.807, 2.05) is 24.3 Å². The van der Waals surface area contributed by atoms with E-state index in [-0.39, 0.29) is 13.0 Å². The number of hydrogen-bond donors (Lipinski definition) is 4. The lowest BCUT2D eigenvalue weighted by Gasteiger charge is -2.16. The molecule has 0 aliphatic heterocycles. The summed E-state index contributed by atoms with van der Waals surface area (Å²) in [5.41, 5.74) is 1.71. The number of hydrogen-bond acceptors (Lipinski definition) is 4. The lowest BCUT2D eigenvalue weighted by atomic mass is 10.0. The first kappa shape index (κ1) is 17.7. The summed E-state index contributed by atoms with van der Waals surface area (Å²) in [5.74, 6) is -2.50. The van der Waals surface area contributed by atoms with Crippen molar-refractivity contribution < 1.29 is 19.5 Å². The fourth-order valence-corrected chi connectivity index (χ4v) is 2.35. The first-order valence-corrected chi connectivity index (χ1v) is 7.42. The van der Waals surface area contributed by atoms with Gasteiger partial charge in [0, 0.05) is 35.7 Å². The van der Waals surface area contributed by atoms with Gasteiger partial charge in [0.2, 0.25) is 11.8 Å². The molecule has 4 N–H and O–H groups in total. The molecule has 0 radical (unpaired) electrons. The van der Waals surface area contributed by atoms with Gasteiger partial charge in [-0.1, -0.05) is 18.2 Å². The summed E-state index contributed by atoms with van der Waals surface area (Å²) in [6, 6.07) is 8.35. The Labute approximate surface area is 143 Å². The number of nitrogens with zero attached hydrogens (tertiary/aromatic N) is 1. The summed E-state index contributed by atoms with van der Waals surface area (Å²) in [6.07, 6.45) is 3.45. The lowest BCUT2D eigenvalue weighted by Crippen LogP contribution is -2.47. The number of aromatic nitrogens is 1. The van der Waals surface area contributed by atoms with Crippen molar-refractivity contribution in [1.29, 1.82) is 5.26 Å². The zero-order valence-electron chi connectivity index (χ0n) is 13.2. The van der Waals surface area contributed by atoms with Gasteiger partial charge in [-0.25, -0.2) is 4.79 Å². The number of carboxylic acid groups (broad SMARTS) is 1. The van der Waals surface area contributed by atoms with Crippen LogP contribution in [0.3, 0.4) is 0 Å². The Morgan fingerprint density at radius 3 is 2.76 bits per heavy atom. The van der Waals surface area contributed by atoms with Crippen LogP contribution in [0.1, 0.15) is 5.56 Å². The number of nitrogens with one attached hydrogen (secondary N) is 3. The van der Waals surface area contributed by atoms with E-state index in [4.69, 9.17) is 10.4 Å². The second-order valence-corrected chi connectivity index (χ2v) is 5.17. The molecule has 8 heteroatoms. The first-order chi connectivity index (χ1) is 12.0. The number of carboxylic acids is 1. The number of para-hydroxylation sites is 1. The number of H-pyrrole nitrogens is 1. The number of aliphatic carboxylic acids is 1. The van der Waals surface area contributed by atoms with Gasteiger partial charge in [-0.3, -0.25) is 9.59 Å². The van der Waals surface area contributed by atoms with Crippen LogP contribution in [-0.2, 0) is 20.8 Å². The number of carbonyl (C=O) groups excluding carboxylic acids is 2. The van der Waals surface area contributed by atoms with Gasteiger partial charge in [0.15, 0.2) is 0 Å². The van der Waals surface area contributed by atoms with Gasteiger partial charge in [-0.2, -0.15) is 5.26 Å². The van der Waals surface area contributed by atoms with E-state index in [0.29, 0.717) is 6.08 Å². The number of nitriles is 1. The highest BCUT2D eigenvalue weighted by Gasteiger charge is 2.21. The Morgan fingerprint density at radius 1 is 1.28 bits per heavy atom. The number of rotatable bonds is 7. The van der Waals surface area contributed by atoms with Crippen LogP contribution in [0.4, 0.5) is 0 Å².